The topological polar surface area (TPSA) is 49.4 Å². The fourth-order valence-corrected chi connectivity index (χ4v) is 2.30. The van der Waals surface area contributed by atoms with Crippen LogP contribution < -0.4 is 10.2 Å². The number of nitrogens with zero attached hydrogens (tertiary/aromatic N) is 1. The van der Waals surface area contributed by atoms with Crippen LogP contribution in [0.2, 0.25) is 5.02 Å². The van der Waals surface area contributed by atoms with Crippen LogP contribution in [0.4, 0.5) is 5.69 Å². The minimum absolute atomic E-state index is 0.0266. The molecule has 0 heterocycles. The average molecular weight is 311 g/mol. The predicted octanol–water partition coefficient (Wildman–Crippen LogP) is 3.31. The van der Waals surface area contributed by atoms with Crippen molar-refractivity contribution >= 4 is 29.1 Å². The van der Waals surface area contributed by atoms with E-state index >= 15 is 0 Å². The van der Waals surface area contributed by atoms with E-state index in [1.807, 2.05) is 19.1 Å². The van der Waals surface area contributed by atoms with E-state index in [1.165, 1.54) is 6.92 Å². The first-order chi connectivity index (χ1) is 9.95. The number of aryl methyl sites for hydroxylation is 1. The van der Waals surface area contributed by atoms with Gasteiger partial charge in [-0.15, -0.1) is 0 Å². The summed E-state index contributed by atoms with van der Waals surface area (Å²) in [5.74, 6) is -0.108. The monoisotopic (exact) mass is 310 g/mol. The van der Waals surface area contributed by atoms with Crippen LogP contribution in [0.25, 0.3) is 0 Å². The van der Waals surface area contributed by atoms with E-state index in [4.69, 9.17) is 11.6 Å². The maximum atomic E-state index is 11.8. The van der Waals surface area contributed by atoms with Crippen LogP contribution in [0.1, 0.15) is 38.7 Å². The molecule has 0 aromatic heterocycles. The Labute approximate surface area is 131 Å². The largest absolute Gasteiger partial charge is 0.356 e. The van der Waals surface area contributed by atoms with Crippen molar-refractivity contribution in [3.05, 3.63) is 28.8 Å². The molecular weight excluding hydrogens is 288 g/mol. The van der Waals surface area contributed by atoms with Crippen LogP contribution in [-0.4, -0.2) is 24.9 Å². The molecule has 0 aliphatic heterocycles. The van der Waals surface area contributed by atoms with Gasteiger partial charge in [0.15, 0.2) is 0 Å². The molecule has 0 unspecified atom stereocenters. The van der Waals surface area contributed by atoms with Crippen molar-refractivity contribution in [3.63, 3.8) is 0 Å². The molecule has 1 rings (SSSR count). The zero-order valence-corrected chi connectivity index (χ0v) is 13.7. The van der Waals surface area contributed by atoms with E-state index < -0.39 is 0 Å². The minimum atomic E-state index is -0.0817. The second kappa shape index (κ2) is 8.67. The number of anilines is 1. The molecule has 2 amide bonds. The Morgan fingerprint density at radius 2 is 2.05 bits per heavy atom. The van der Waals surface area contributed by atoms with Crippen molar-refractivity contribution in [2.24, 2.45) is 0 Å². The average Bonchev–Trinajstić information content (AvgIpc) is 2.41. The third-order valence-corrected chi connectivity index (χ3v) is 3.48. The highest BCUT2D eigenvalue weighted by atomic mass is 35.5. The van der Waals surface area contributed by atoms with Crippen LogP contribution in [-0.2, 0) is 9.59 Å². The quantitative estimate of drug-likeness (QED) is 0.786. The van der Waals surface area contributed by atoms with Gasteiger partial charge in [0.05, 0.1) is 0 Å². The molecule has 1 aromatic rings. The van der Waals surface area contributed by atoms with Crippen LogP contribution >= 0.6 is 11.6 Å². The lowest BCUT2D eigenvalue weighted by atomic mass is 10.1. The molecule has 0 saturated heterocycles. The first-order valence-electron chi connectivity index (χ1n) is 7.26. The van der Waals surface area contributed by atoms with Crippen molar-refractivity contribution in [2.45, 2.75) is 40.0 Å². The van der Waals surface area contributed by atoms with E-state index in [0.29, 0.717) is 24.5 Å². The van der Waals surface area contributed by atoms with Crippen molar-refractivity contribution in [3.8, 4) is 0 Å². The summed E-state index contributed by atoms with van der Waals surface area (Å²) in [5, 5.41) is 3.49. The van der Waals surface area contributed by atoms with Crippen LogP contribution in [0.15, 0.2) is 18.2 Å². The summed E-state index contributed by atoms with van der Waals surface area (Å²) in [6, 6.07) is 5.38. The number of rotatable bonds is 7. The van der Waals surface area contributed by atoms with Gasteiger partial charge >= 0.3 is 0 Å². The number of carbonyl (C=O) groups excluding carboxylic acids is 2. The third-order valence-electron chi connectivity index (χ3n) is 3.24. The molecule has 0 fully saturated rings. The number of unbranched alkanes of at least 4 members (excludes halogenated alkanes) is 1. The molecule has 4 nitrogen and oxygen atoms in total. The van der Waals surface area contributed by atoms with Gasteiger partial charge in [-0.3, -0.25) is 9.59 Å². The smallest absolute Gasteiger partial charge is 0.223 e. The summed E-state index contributed by atoms with van der Waals surface area (Å²) < 4.78 is 0. The van der Waals surface area contributed by atoms with E-state index in [2.05, 4.69) is 12.2 Å². The molecule has 0 atom stereocenters. The Morgan fingerprint density at radius 1 is 1.33 bits per heavy atom. The summed E-state index contributed by atoms with van der Waals surface area (Å²) in [7, 11) is 0. The second-order valence-corrected chi connectivity index (χ2v) is 5.49. The number of hydrogen-bond donors (Lipinski definition) is 1. The highest BCUT2D eigenvalue weighted by Gasteiger charge is 2.15. The van der Waals surface area contributed by atoms with Gasteiger partial charge in [-0.05, 0) is 37.1 Å². The Hall–Kier alpha value is -1.55. The summed E-state index contributed by atoms with van der Waals surface area (Å²) in [5.41, 5.74) is 1.72. The standard InChI is InChI=1S/C16H23ClN2O2/c1-4-5-9-18-16(21)8-10-19(13(3)20)15-7-6-14(17)11-12(15)2/h6-7,11H,4-5,8-10H2,1-3H3,(H,18,21). The number of amides is 2. The fraction of sp³-hybridized carbons (Fsp3) is 0.500. The van der Waals surface area contributed by atoms with Crippen molar-refractivity contribution < 1.29 is 9.59 Å². The number of carbonyl (C=O) groups is 2. The molecule has 0 radical (unpaired) electrons. The summed E-state index contributed by atoms with van der Waals surface area (Å²) in [6.07, 6.45) is 2.31. The molecule has 1 aromatic carbocycles. The maximum absolute atomic E-state index is 11.8. The van der Waals surface area contributed by atoms with Crippen LogP contribution in [0, 0.1) is 6.92 Å². The molecule has 0 bridgehead atoms. The van der Waals surface area contributed by atoms with E-state index in [9.17, 15) is 9.59 Å². The molecule has 0 aliphatic carbocycles. The van der Waals surface area contributed by atoms with E-state index in [0.717, 1.165) is 24.1 Å². The first kappa shape index (κ1) is 17.5. The lowest BCUT2D eigenvalue weighted by Crippen LogP contribution is -2.34. The van der Waals surface area contributed by atoms with E-state index in [1.54, 1.807) is 11.0 Å². The Morgan fingerprint density at radius 3 is 2.62 bits per heavy atom. The van der Waals surface area contributed by atoms with Gasteiger partial charge < -0.3 is 10.2 Å². The summed E-state index contributed by atoms with van der Waals surface area (Å²) in [6.45, 7) is 6.54. The van der Waals surface area contributed by atoms with Gasteiger partial charge in [0, 0.05) is 37.1 Å². The Bertz CT molecular complexity index is 503. The number of hydrogen-bond acceptors (Lipinski definition) is 2. The van der Waals surface area contributed by atoms with Gasteiger partial charge in [0.1, 0.15) is 0 Å². The zero-order valence-electron chi connectivity index (χ0n) is 12.9. The van der Waals surface area contributed by atoms with Crippen LogP contribution in [0.3, 0.4) is 0 Å². The molecule has 1 N–H and O–H groups in total. The molecule has 116 valence electrons. The Kier molecular flexibility index (Phi) is 7.23. The minimum Gasteiger partial charge on any atom is -0.356 e. The molecule has 21 heavy (non-hydrogen) atoms. The third kappa shape index (κ3) is 5.76. The number of nitrogens with one attached hydrogen (secondary N) is 1. The van der Waals surface area contributed by atoms with Crippen LogP contribution in [0.5, 0.6) is 0 Å². The SMILES string of the molecule is CCCCNC(=O)CCN(C(C)=O)c1ccc(Cl)cc1C. The molecule has 0 spiro atoms. The Balaban J connectivity index is 2.66. The molecule has 0 aliphatic rings. The highest BCUT2D eigenvalue weighted by Crippen LogP contribution is 2.24. The van der Waals surface area contributed by atoms with Gasteiger partial charge in [0.2, 0.25) is 11.8 Å². The van der Waals surface area contributed by atoms with Gasteiger partial charge in [-0.1, -0.05) is 24.9 Å². The van der Waals surface area contributed by atoms with Gasteiger partial charge in [-0.25, -0.2) is 0 Å². The normalized spacial score (nSPS) is 10.3. The number of halogens is 1. The van der Waals surface area contributed by atoms with Crippen molar-refractivity contribution in [1.29, 1.82) is 0 Å². The summed E-state index contributed by atoms with van der Waals surface area (Å²) >= 11 is 5.93. The lowest BCUT2D eigenvalue weighted by Gasteiger charge is -2.23. The zero-order chi connectivity index (χ0) is 15.8. The van der Waals surface area contributed by atoms with Crippen molar-refractivity contribution in [2.75, 3.05) is 18.0 Å². The first-order valence-corrected chi connectivity index (χ1v) is 7.64. The van der Waals surface area contributed by atoms with Gasteiger partial charge in [-0.2, -0.15) is 0 Å². The van der Waals surface area contributed by atoms with Crippen molar-refractivity contribution in [1.82, 2.24) is 5.32 Å². The maximum Gasteiger partial charge on any atom is 0.223 e. The fourth-order valence-electron chi connectivity index (χ4n) is 2.08. The molecule has 5 heteroatoms. The molecular formula is C16H23ClN2O2. The lowest BCUT2D eigenvalue weighted by molar-refractivity contribution is -0.121. The molecule has 0 saturated carbocycles. The predicted molar refractivity (Wildman–Crippen MR) is 86.8 cm³/mol. The van der Waals surface area contributed by atoms with Gasteiger partial charge in [0.25, 0.3) is 0 Å². The van der Waals surface area contributed by atoms with E-state index in [-0.39, 0.29) is 11.8 Å². The number of benzene rings is 1. The second-order valence-electron chi connectivity index (χ2n) is 5.05. The highest BCUT2D eigenvalue weighted by molar-refractivity contribution is 6.30. The summed E-state index contributed by atoms with van der Waals surface area (Å²) in [4.78, 5) is 25.2.